The van der Waals surface area contributed by atoms with E-state index in [9.17, 15) is 4.79 Å². The zero-order valence-electron chi connectivity index (χ0n) is 11.6. The summed E-state index contributed by atoms with van der Waals surface area (Å²) in [6.07, 6.45) is 3.90. The number of aromatic nitrogens is 2. The molecule has 0 bridgehead atoms. The standard InChI is InChI=1S/C13H22N4O2/c1-3-4-10-11(14)12(16-15-10)13(18)17(7-8-19-2)9-5-6-9/h9H,3-8,14H2,1-2H3,(H,15,16). The van der Waals surface area contributed by atoms with Crippen LogP contribution in [-0.4, -0.2) is 47.3 Å². The Hall–Kier alpha value is -1.56. The van der Waals surface area contributed by atoms with Crippen molar-refractivity contribution in [2.75, 3.05) is 26.0 Å². The lowest BCUT2D eigenvalue weighted by Crippen LogP contribution is -2.36. The number of amides is 1. The molecule has 0 saturated heterocycles. The molecular weight excluding hydrogens is 244 g/mol. The van der Waals surface area contributed by atoms with Crippen molar-refractivity contribution in [3.05, 3.63) is 11.4 Å². The minimum absolute atomic E-state index is 0.0874. The van der Waals surface area contributed by atoms with Gasteiger partial charge in [0, 0.05) is 19.7 Å². The smallest absolute Gasteiger partial charge is 0.276 e. The Morgan fingerprint density at radius 1 is 1.58 bits per heavy atom. The average Bonchev–Trinajstić information content (AvgIpc) is 3.17. The largest absolute Gasteiger partial charge is 0.395 e. The molecule has 1 aromatic rings. The fourth-order valence-electron chi connectivity index (χ4n) is 2.15. The number of rotatable bonds is 7. The second-order valence-corrected chi connectivity index (χ2v) is 4.94. The number of hydrogen-bond acceptors (Lipinski definition) is 4. The number of methoxy groups -OCH3 is 1. The molecule has 1 aliphatic rings. The average molecular weight is 266 g/mol. The molecule has 1 aliphatic carbocycles. The van der Waals surface area contributed by atoms with Crippen LogP contribution in [0.5, 0.6) is 0 Å². The summed E-state index contributed by atoms with van der Waals surface area (Å²) in [5.41, 5.74) is 7.71. The number of aromatic amines is 1. The first-order valence-corrected chi connectivity index (χ1v) is 6.81. The molecule has 0 aliphatic heterocycles. The molecular formula is C13H22N4O2. The van der Waals surface area contributed by atoms with Crippen LogP contribution < -0.4 is 5.73 Å². The van der Waals surface area contributed by atoms with Crippen LogP contribution in [0.15, 0.2) is 0 Å². The van der Waals surface area contributed by atoms with Gasteiger partial charge in [0.2, 0.25) is 0 Å². The molecule has 6 heteroatoms. The maximum atomic E-state index is 12.5. The molecule has 1 fully saturated rings. The molecule has 1 aromatic heterocycles. The van der Waals surface area contributed by atoms with E-state index in [-0.39, 0.29) is 5.91 Å². The van der Waals surface area contributed by atoms with Gasteiger partial charge >= 0.3 is 0 Å². The Morgan fingerprint density at radius 3 is 2.89 bits per heavy atom. The molecule has 6 nitrogen and oxygen atoms in total. The van der Waals surface area contributed by atoms with E-state index in [1.54, 1.807) is 7.11 Å². The van der Waals surface area contributed by atoms with Gasteiger partial charge < -0.3 is 15.4 Å². The minimum Gasteiger partial charge on any atom is -0.395 e. The predicted octanol–water partition coefficient (Wildman–Crippen LogP) is 1.20. The number of carbonyl (C=O) groups is 1. The summed E-state index contributed by atoms with van der Waals surface area (Å²) in [7, 11) is 1.64. The van der Waals surface area contributed by atoms with E-state index in [0.717, 1.165) is 31.4 Å². The number of nitrogens with two attached hydrogens (primary N) is 1. The lowest BCUT2D eigenvalue weighted by atomic mass is 10.2. The highest BCUT2D eigenvalue weighted by Crippen LogP contribution is 2.29. The summed E-state index contributed by atoms with van der Waals surface area (Å²) in [6.45, 7) is 3.20. The molecule has 0 aromatic carbocycles. The number of H-pyrrole nitrogens is 1. The van der Waals surface area contributed by atoms with Gasteiger partial charge in [-0.15, -0.1) is 0 Å². The molecule has 1 saturated carbocycles. The molecule has 3 N–H and O–H groups in total. The lowest BCUT2D eigenvalue weighted by Gasteiger charge is -2.21. The Labute approximate surface area is 113 Å². The summed E-state index contributed by atoms with van der Waals surface area (Å²) < 4.78 is 5.06. The van der Waals surface area contributed by atoms with Gasteiger partial charge in [0.05, 0.1) is 18.0 Å². The number of anilines is 1. The first-order valence-electron chi connectivity index (χ1n) is 6.81. The Bertz CT molecular complexity index is 440. The maximum Gasteiger partial charge on any atom is 0.276 e. The third-order valence-electron chi connectivity index (χ3n) is 3.37. The number of nitrogens with zero attached hydrogens (tertiary/aromatic N) is 2. The van der Waals surface area contributed by atoms with Crippen molar-refractivity contribution in [1.82, 2.24) is 15.1 Å². The van der Waals surface area contributed by atoms with Crippen molar-refractivity contribution in [1.29, 1.82) is 0 Å². The van der Waals surface area contributed by atoms with Crippen LogP contribution in [0.4, 0.5) is 5.69 Å². The number of nitrogen functional groups attached to an aromatic ring is 1. The second-order valence-electron chi connectivity index (χ2n) is 4.94. The molecule has 0 unspecified atom stereocenters. The first kappa shape index (κ1) is 13.9. The number of nitrogens with one attached hydrogen (secondary N) is 1. The van der Waals surface area contributed by atoms with Crippen molar-refractivity contribution < 1.29 is 9.53 Å². The van der Waals surface area contributed by atoms with E-state index in [2.05, 4.69) is 17.1 Å². The summed E-state index contributed by atoms with van der Waals surface area (Å²) in [5, 5.41) is 6.96. The predicted molar refractivity (Wildman–Crippen MR) is 72.9 cm³/mol. The van der Waals surface area contributed by atoms with Gasteiger partial charge in [-0.3, -0.25) is 9.89 Å². The Morgan fingerprint density at radius 2 is 2.32 bits per heavy atom. The van der Waals surface area contributed by atoms with E-state index in [0.29, 0.717) is 30.6 Å². The summed E-state index contributed by atoms with van der Waals surface area (Å²) in [5.74, 6) is -0.0874. The quantitative estimate of drug-likeness (QED) is 0.776. The monoisotopic (exact) mass is 266 g/mol. The lowest BCUT2D eigenvalue weighted by molar-refractivity contribution is 0.0675. The molecule has 0 spiro atoms. The van der Waals surface area contributed by atoms with Crippen molar-refractivity contribution in [3.8, 4) is 0 Å². The first-order chi connectivity index (χ1) is 9.19. The topological polar surface area (TPSA) is 84.2 Å². The Kier molecular flexibility index (Phi) is 4.42. The van der Waals surface area contributed by atoms with Gasteiger partial charge in [0.25, 0.3) is 5.91 Å². The molecule has 1 heterocycles. The van der Waals surface area contributed by atoms with Crippen molar-refractivity contribution in [2.24, 2.45) is 0 Å². The third-order valence-corrected chi connectivity index (χ3v) is 3.37. The van der Waals surface area contributed by atoms with Crippen LogP contribution in [0, 0.1) is 0 Å². The van der Waals surface area contributed by atoms with Gasteiger partial charge in [-0.25, -0.2) is 0 Å². The van der Waals surface area contributed by atoms with Crippen LogP contribution >= 0.6 is 0 Å². The number of hydrogen-bond donors (Lipinski definition) is 2. The normalized spacial score (nSPS) is 14.6. The van der Waals surface area contributed by atoms with Crippen LogP contribution in [0.25, 0.3) is 0 Å². The maximum absolute atomic E-state index is 12.5. The number of aryl methyl sites for hydroxylation is 1. The minimum atomic E-state index is -0.0874. The van der Waals surface area contributed by atoms with E-state index in [4.69, 9.17) is 10.5 Å². The van der Waals surface area contributed by atoms with Crippen molar-refractivity contribution in [2.45, 2.75) is 38.6 Å². The molecule has 106 valence electrons. The van der Waals surface area contributed by atoms with Gasteiger partial charge in [-0.05, 0) is 19.3 Å². The van der Waals surface area contributed by atoms with Gasteiger partial charge in [0.1, 0.15) is 0 Å². The van der Waals surface area contributed by atoms with E-state index in [1.807, 2.05) is 4.90 Å². The van der Waals surface area contributed by atoms with E-state index < -0.39 is 0 Å². The molecule has 19 heavy (non-hydrogen) atoms. The fourth-order valence-corrected chi connectivity index (χ4v) is 2.15. The number of carbonyl (C=O) groups excluding carboxylic acids is 1. The van der Waals surface area contributed by atoms with Gasteiger partial charge in [0.15, 0.2) is 5.69 Å². The third kappa shape index (κ3) is 3.07. The molecule has 0 atom stereocenters. The molecule has 2 rings (SSSR count). The van der Waals surface area contributed by atoms with Gasteiger partial charge in [-0.2, -0.15) is 5.10 Å². The summed E-state index contributed by atoms with van der Waals surface area (Å²) >= 11 is 0. The Balaban J connectivity index is 2.12. The summed E-state index contributed by atoms with van der Waals surface area (Å²) in [4.78, 5) is 14.3. The molecule has 0 radical (unpaired) electrons. The summed E-state index contributed by atoms with van der Waals surface area (Å²) in [6, 6.07) is 0.327. The van der Waals surface area contributed by atoms with Crippen molar-refractivity contribution in [3.63, 3.8) is 0 Å². The molecule has 1 amide bonds. The second kappa shape index (κ2) is 6.06. The fraction of sp³-hybridized carbons (Fsp3) is 0.692. The SMILES string of the molecule is CCCc1[nH]nc(C(=O)N(CCOC)C2CC2)c1N. The zero-order valence-corrected chi connectivity index (χ0v) is 11.6. The van der Waals surface area contributed by atoms with E-state index >= 15 is 0 Å². The van der Waals surface area contributed by atoms with Crippen LogP contribution in [-0.2, 0) is 11.2 Å². The zero-order chi connectivity index (χ0) is 13.8. The van der Waals surface area contributed by atoms with Crippen LogP contribution in [0.1, 0.15) is 42.4 Å². The van der Waals surface area contributed by atoms with Crippen LogP contribution in [0.3, 0.4) is 0 Å². The highest BCUT2D eigenvalue weighted by Gasteiger charge is 2.34. The highest BCUT2D eigenvalue weighted by molar-refractivity contribution is 5.98. The van der Waals surface area contributed by atoms with Crippen molar-refractivity contribution >= 4 is 11.6 Å². The van der Waals surface area contributed by atoms with Crippen LogP contribution in [0.2, 0.25) is 0 Å². The highest BCUT2D eigenvalue weighted by atomic mass is 16.5. The van der Waals surface area contributed by atoms with E-state index in [1.165, 1.54) is 0 Å². The number of ether oxygens (including phenoxy) is 1. The van der Waals surface area contributed by atoms with Gasteiger partial charge in [-0.1, -0.05) is 13.3 Å².